The minimum Gasteiger partial charge on any atom is -0.481 e. The lowest BCUT2D eigenvalue weighted by Gasteiger charge is -2.32. The van der Waals surface area contributed by atoms with Crippen molar-refractivity contribution in [3.63, 3.8) is 0 Å². The molecule has 0 aliphatic heterocycles. The normalized spacial score (nSPS) is 19.6. The van der Waals surface area contributed by atoms with E-state index in [2.05, 4.69) is 4.98 Å². The van der Waals surface area contributed by atoms with Gasteiger partial charge >= 0.3 is 5.97 Å². The molecule has 0 amide bonds. The van der Waals surface area contributed by atoms with Gasteiger partial charge in [-0.3, -0.25) is 4.79 Å². The molecule has 1 aliphatic carbocycles. The summed E-state index contributed by atoms with van der Waals surface area (Å²) in [6.07, 6.45) is 5.47. The second-order valence-corrected chi connectivity index (χ2v) is 5.65. The van der Waals surface area contributed by atoms with E-state index in [0.717, 1.165) is 36.4 Å². The summed E-state index contributed by atoms with van der Waals surface area (Å²) >= 11 is 1.58. The molecule has 0 radical (unpaired) electrons. The predicted octanol–water partition coefficient (Wildman–Crippen LogP) is 3.03. The molecular formula is C12H17NO2S. The number of rotatable bonds is 3. The van der Waals surface area contributed by atoms with Crippen LogP contribution in [0.1, 0.15) is 42.8 Å². The second kappa shape index (κ2) is 4.53. The molecule has 0 bridgehead atoms. The molecule has 1 N–H and O–H groups in total. The number of carboxylic acid groups (broad SMARTS) is 1. The maximum atomic E-state index is 11.5. The van der Waals surface area contributed by atoms with Crippen molar-refractivity contribution in [3.05, 3.63) is 16.1 Å². The van der Waals surface area contributed by atoms with Gasteiger partial charge in [-0.2, -0.15) is 0 Å². The van der Waals surface area contributed by atoms with Gasteiger partial charge in [-0.15, -0.1) is 11.3 Å². The first-order valence-electron chi connectivity index (χ1n) is 5.77. The predicted molar refractivity (Wildman–Crippen MR) is 63.7 cm³/mol. The van der Waals surface area contributed by atoms with E-state index in [1.54, 1.807) is 11.3 Å². The van der Waals surface area contributed by atoms with Crippen LogP contribution in [0.2, 0.25) is 0 Å². The standard InChI is InChI=1S/C12H17NO2S/c1-9-8-16-10(13-9)7-12(11(14)15)5-3-2-4-6-12/h8H,2-7H2,1H3,(H,14,15). The highest BCUT2D eigenvalue weighted by Gasteiger charge is 2.40. The summed E-state index contributed by atoms with van der Waals surface area (Å²) in [4.78, 5) is 15.9. The van der Waals surface area contributed by atoms with Gasteiger partial charge in [-0.25, -0.2) is 4.98 Å². The van der Waals surface area contributed by atoms with Crippen LogP contribution < -0.4 is 0 Å². The Morgan fingerprint density at radius 3 is 2.69 bits per heavy atom. The van der Waals surface area contributed by atoms with Crippen LogP contribution in [0, 0.1) is 12.3 Å². The Balaban J connectivity index is 2.16. The van der Waals surface area contributed by atoms with Crippen molar-refractivity contribution in [1.82, 2.24) is 4.98 Å². The molecule has 88 valence electrons. The average molecular weight is 239 g/mol. The zero-order chi connectivity index (χ0) is 11.6. The third-order valence-electron chi connectivity index (χ3n) is 3.42. The molecule has 0 aromatic carbocycles. The summed E-state index contributed by atoms with van der Waals surface area (Å²) in [7, 11) is 0. The maximum absolute atomic E-state index is 11.5. The highest BCUT2D eigenvalue weighted by atomic mass is 32.1. The molecule has 1 fully saturated rings. The van der Waals surface area contributed by atoms with Crippen molar-refractivity contribution in [2.24, 2.45) is 5.41 Å². The van der Waals surface area contributed by atoms with Crippen LogP contribution in [0.3, 0.4) is 0 Å². The van der Waals surface area contributed by atoms with E-state index in [1.807, 2.05) is 12.3 Å². The van der Waals surface area contributed by atoms with E-state index in [9.17, 15) is 9.90 Å². The number of aromatic nitrogens is 1. The molecule has 3 nitrogen and oxygen atoms in total. The van der Waals surface area contributed by atoms with E-state index in [0.29, 0.717) is 6.42 Å². The quantitative estimate of drug-likeness (QED) is 0.882. The van der Waals surface area contributed by atoms with Crippen LogP contribution in [0.25, 0.3) is 0 Å². The highest BCUT2D eigenvalue weighted by Crippen LogP contribution is 2.40. The Kier molecular flexibility index (Phi) is 3.28. The summed E-state index contributed by atoms with van der Waals surface area (Å²) < 4.78 is 0. The summed E-state index contributed by atoms with van der Waals surface area (Å²) in [5.41, 5.74) is 0.457. The Labute approximate surface area is 99.5 Å². The summed E-state index contributed by atoms with van der Waals surface area (Å²) in [6, 6.07) is 0. The Morgan fingerprint density at radius 1 is 1.50 bits per heavy atom. The number of aryl methyl sites for hydroxylation is 1. The lowest BCUT2D eigenvalue weighted by molar-refractivity contribution is -0.151. The molecule has 0 unspecified atom stereocenters. The minimum atomic E-state index is -0.639. The van der Waals surface area contributed by atoms with Crippen molar-refractivity contribution in [2.45, 2.75) is 45.4 Å². The molecule has 1 aromatic heterocycles. The fourth-order valence-electron chi connectivity index (χ4n) is 2.47. The zero-order valence-electron chi connectivity index (χ0n) is 9.53. The number of nitrogens with zero attached hydrogens (tertiary/aromatic N) is 1. The molecule has 16 heavy (non-hydrogen) atoms. The van der Waals surface area contributed by atoms with Gasteiger partial charge < -0.3 is 5.11 Å². The van der Waals surface area contributed by atoms with E-state index < -0.39 is 11.4 Å². The smallest absolute Gasteiger partial charge is 0.310 e. The SMILES string of the molecule is Cc1csc(CC2(C(=O)O)CCCCC2)n1. The monoisotopic (exact) mass is 239 g/mol. The molecule has 1 heterocycles. The Morgan fingerprint density at radius 2 is 2.19 bits per heavy atom. The molecule has 2 rings (SSSR count). The largest absolute Gasteiger partial charge is 0.481 e. The van der Waals surface area contributed by atoms with Gasteiger partial charge in [0.2, 0.25) is 0 Å². The van der Waals surface area contributed by atoms with Gasteiger partial charge in [0.05, 0.1) is 10.4 Å². The van der Waals surface area contributed by atoms with Gasteiger partial charge in [-0.05, 0) is 19.8 Å². The van der Waals surface area contributed by atoms with Gasteiger partial charge in [0.1, 0.15) is 0 Å². The molecule has 0 saturated heterocycles. The summed E-state index contributed by atoms with van der Waals surface area (Å²) in [6.45, 7) is 1.95. The van der Waals surface area contributed by atoms with Gasteiger partial charge in [0.25, 0.3) is 0 Å². The van der Waals surface area contributed by atoms with Gasteiger partial charge in [0, 0.05) is 17.5 Å². The minimum absolute atomic E-state index is 0.539. The highest BCUT2D eigenvalue weighted by molar-refractivity contribution is 7.09. The second-order valence-electron chi connectivity index (χ2n) is 4.71. The van der Waals surface area contributed by atoms with Gasteiger partial charge in [-0.1, -0.05) is 19.3 Å². The first-order valence-corrected chi connectivity index (χ1v) is 6.65. The summed E-state index contributed by atoms with van der Waals surface area (Å²) in [5.74, 6) is -0.639. The third-order valence-corrected chi connectivity index (χ3v) is 4.39. The van der Waals surface area contributed by atoms with Crippen molar-refractivity contribution in [1.29, 1.82) is 0 Å². The number of hydrogen-bond donors (Lipinski definition) is 1. The van der Waals surface area contributed by atoms with Crippen LogP contribution in [0.15, 0.2) is 5.38 Å². The number of thiazole rings is 1. The Bertz CT molecular complexity index is 380. The zero-order valence-corrected chi connectivity index (χ0v) is 10.3. The van der Waals surface area contributed by atoms with Gasteiger partial charge in [0.15, 0.2) is 0 Å². The number of aliphatic carboxylic acids is 1. The molecule has 1 saturated carbocycles. The van der Waals surface area contributed by atoms with Crippen molar-refractivity contribution in [3.8, 4) is 0 Å². The lowest BCUT2D eigenvalue weighted by Crippen LogP contribution is -2.35. The first-order chi connectivity index (χ1) is 7.62. The topological polar surface area (TPSA) is 50.2 Å². The van der Waals surface area contributed by atoms with E-state index in [-0.39, 0.29) is 0 Å². The van der Waals surface area contributed by atoms with Crippen molar-refractivity contribution < 1.29 is 9.90 Å². The van der Waals surface area contributed by atoms with Crippen LogP contribution in [0.4, 0.5) is 0 Å². The fraction of sp³-hybridized carbons (Fsp3) is 0.667. The maximum Gasteiger partial charge on any atom is 0.310 e. The molecule has 1 aliphatic rings. The number of carboxylic acids is 1. The molecule has 0 spiro atoms. The lowest BCUT2D eigenvalue weighted by atomic mass is 9.72. The van der Waals surface area contributed by atoms with Crippen LogP contribution >= 0.6 is 11.3 Å². The molecule has 1 aromatic rings. The third kappa shape index (κ3) is 2.26. The van der Waals surface area contributed by atoms with Crippen molar-refractivity contribution in [2.75, 3.05) is 0 Å². The average Bonchev–Trinajstić information content (AvgIpc) is 2.65. The Hall–Kier alpha value is -0.900. The summed E-state index contributed by atoms with van der Waals surface area (Å²) in [5, 5.41) is 12.4. The first kappa shape index (κ1) is 11.6. The van der Waals surface area contributed by atoms with E-state index >= 15 is 0 Å². The number of carbonyl (C=O) groups is 1. The van der Waals surface area contributed by atoms with Crippen molar-refractivity contribution >= 4 is 17.3 Å². The fourth-order valence-corrected chi connectivity index (χ4v) is 3.38. The van der Waals surface area contributed by atoms with E-state index in [1.165, 1.54) is 6.42 Å². The van der Waals surface area contributed by atoms with Crippen LogP contribution in [-0.2, 0) is 11.2 Å². The van der Waals surface area contributed by atoms with Crippen LogP contribution in [0.5, 0.6) is 0 Å². The number of hydrogen-bond acceptors (Lipinski definition) is 3. The van der Waals surface area contributed by atoms with Crippen LogP contribution in [-0.4, -0.2) is 16.1 Å². The van der Waals surface area contributed by atoms with E-state index in [4.69, 9.17) is 0 Å². The molecule has 0 atom stereocenters. The molecule has 4 heteroatoms. The molecular weight excluding hydrogens is 222 g/mol.